The van der Waals surface area contributed by atoms with Gasteiger partial charge in [-0.1, -0.05) is 27.6 Å². The number of aromatic nitrogens is 1. The Morgan fingerprint density at radius 1 is 1.15 bits per heavy atom. The van der Waals surface area contributed by atoms with Crippen LogP contribution in [0.1, 0.15) is 56.0 Å². The van der Waals surface area contributed by atoms with Gasteiger partial charge in [-0.05, 0) is 94.8 Å². The van der Waals surface area contributed by atoms with Gasteiger partial charge in [-0.25, -0.2) is 4.79 Å². The minimum atomic E-state index is -0.474. The number of aryl methyl sites for hydroxylation is 1. The van der Waals surface area contributed by atoms with Gasteiger partial charge < -0.3 is 14.2 Å². The number of ether oxygens (including phenoxy) is 1. The van der Waals surface area contributed by atoms with E-state index in [1.165, 1.54) is 25.5 Å². The summed E-state index contributed by atoms with van der Waals surface area (Å²) in [6, 6.07) is 10.2. The molecule has 0 saturated heterocycles. The Morgan fingerprint density at radius 2 is 1.88 bits per heavy atom. The molecule has 1 aliphatic carbocycles. The van der Waals surface area contributed by atoms with Gasteiger partial charge in [0.15, 0.2) is 0 Å². The van der Waals surface area contributed by atoms with Crippen molar-refractivity contribution >= 4 is 33.9 Å². The Balaban J connectivity index is 1.69. The zero-order valence-electron chi connectivity index (χ0n) is 20.3. The van der Waals surface area contributed by atoms with Crippen LogP contribution in [-0.4, -0.2) is 35.0 Å². The number of carbonyl (C=O) groups excluding carboxylic acids is 2. The quantitative estimate of drug-likeness (QED) is 0.250. The predicted molar refractivity (Wildman–Crippen MR) is 139 cm³/mol. The second-order valence-corrected chi connectivity index (χ2v) is 9.88. The highest BCUT2D eigenvalue weighted by molar-refractivity contribution is 9.10. The summed E-state index contributed by atoms with van der Waals surface area (Å²) < 4.78 is 8.24. The summed E-state index contributed by atoms with van der Waals surface area (Å²) in [6.45, 7) is 6.49. The van der Waals surface area contributed by atoms with Crippen molar-refractivity contribution < 1.29 is 14.3 Å². The Morgan fingerprint density at radius 3 is 2.53 bits per heavy atom. The lowest BCUT2D eigenvalue weighted by Crippen LogP contribution is -2.26. The van der Waals surface area contributed by atoms with Crippen molar-refractivity contribution in [2.75, 3.05) is 13.7 Å². The summed E-state index contributed by atoms with van der Waals surface area (Å²) in [6.07, 6.45) is 9.64. The molecule has 1 amide bonds. The lowest BCUT2D eigenvalue weighted by molar-refractivity contribution is -0.136. The van der Waals surface area contributed by atoms with Gasteiger partial charge in [-0.3, -0.25) is 4.79 Å². The summed E-state index contributed by atoms with van der Waals surface area (Å²) in [5.41, 5.74) is 6.85. The Hall–Kier alpha value is -2.86. The maximum atomic E-state index is 13.5. The van der Waals surface area contributed by atoms with Gasteiger partial charge in [0, 0.05) is 33.8 Å². The molecule has 0 unspecified atom stereocenters. The van der Waals surface area contributed by atoms with Crippen molar-refractivity contribution in [3.05, 3.63) is 80.2 Å². The highest BCUT2D eigenvalue weighted by Gasteiger charge is 2.37. The van der Waals surface area contributed by atoms with Gasteiger partial charge in [-0.15, -0.1) is 0 Å². The number of rotatable bonds is 6. The average molecular weight is 523 g/mol. The van der Waals surface area contributed by atoms with Gasteiger partial charge in [-0.2, -0.15) is 0 Å². The van der Waals surface area contributed by atoms with Gasteiger partial charge in [0.2, 0.25) is 0 Å². The lowest BCUT2D eigenvalue weighted by atomic mass is 9.97. The third-order valence-electron chi connectivity index (χ3n) is 6.80. The molecular formula is C28H31BrN2O3. The predicted octanol–water partition coefficient (Wildman–Crippen LogP) is 6.42. The number of halogens is 1. The van der Waals surface area contributed by atoms with Crippen LogP contribution in [-0.2, 0) is 14.3 Å². The van der Waals surface area contributed by atoms with E-state index in [1.807, 2.05) is 51.1 Å². The minimum Gasteiger partial charge on any atom is -0.465 e. The molecule has 1 aromatic heterocycles. The first kappa shape index (κ1) is 24.3. The average Bonchev–Trinajstić information content (AvgIpc) is 3.24. The van der Waals surface area contributed by atoms with Crippen LogP contribution in [0, 0.1) is 13.8 Å². The van der Waals surface area contributed by atoms with Crippen molar-refractivity contribution in [1.82, 2.24) is 9.47 Å². The van der Waals surface area contributed by atoms with Crippen LogP contribution >= 0.6 is 15.9 Å². The molecule has 0 N–H and O–H groups in total. The van der Waals surface area contributed by atoms with Crippen LogP contribution in [0.15, 0.2) is 63.3 Å². The number of nitrogens with zero attached hydrogens (tertiary/aromatic N) is 2. The third-order valence-corrected chi connectivity index (χ3v) is 7.33. The Kier molecular flexibility index (Phi) is 7.27. The van der Waals surface area contributed by atoms with E-state index in [2.05, 4.69) is 32.6 Å². The SMILES string of the molecule is COC(=O)C1=C(C)N(CCC2=CCCCC2)C(=O)/C1=C\c1cc(C)n(-c2ccc(Br)cc2)c1C. The van der Waals surface area contributed by atoms with Gasteiger partial charge in [0.25, 0.3) is 5.91 Å². The molecule has 2 aromatic rings. The van der Waals surface area contributed by atoms with Crippen LogP contribution in [0.3, 0.4) is 0 Å². The van der Waals surface area contributed by atoms with Crippen LogP contribution in [0.5, 0.6) is 0 Å². The normalized spacial score (nSPS) is 17.6. The molecule has 0 radical (unpaired) electrons. The van der Waals surface area contributed by atoms with E-state index in [1.54, 1.807) is 4.90 Å². The largest absolute Gasteiger partial charge is 0.465 e. The van der Waals surface area contributed by atoms with E-state index in [4.69, 9.17) is 4.74 Å². The fraction of sp³-hybridized carbons (Fsp3) is 0.357. The second kappa shape index (κ2) is 10.2. The molecule has 1 aromatic carbocycles. The van der Waals surface area contributed by atoms with E-state index in [-0.39, 0.29) is 5.91 Å². The van der Waals surface area contributed by atoms with Crippen LogP contribution in [0.2, 0.25) is 0 Å². The molecule has 0 saturated carbocycles. The number of hydrogen-bond donors (Lipinski definition) is 0. The number of allylic oxidation sites excluding steroid dienone is 2. The smallest absolute Gasteiger partial charge is 0.340 e. The molecule has 34 heavy (non-hydrogen) atoms. The molecular weight excluding hydrogens is 492 g/mol. The van der Waals surface area contributed by atoms with E-state index in [0.717, 1.165) is 46.4 Å². The van der Waals surface area contributed by atoms with Crippen molar-refractivity contribution in [3.63, 3.8) is 0 Å². The monoisotopic (exact) mass is 522 g/mol. The van der Waals surface area contributed by atoms with Crippen LogP contribution < -0.4 is 0 Å². The van der Waals surface area contributed by atoms with E-state index >= 15 is 0 Å². The number of carbonyl (C=O) groups is 2. The van der Waals surface area contributed by atoms with Crippen molar-refractivity contribution in [3.8, 4) is 5.69 Å². The summed E-state index contributed by atoms with van der Waals surface area (Å²) in [7, 11) is 1.36. The zero-order chi connectivity index (χ0) is 24.4. The van der Waals surface area contributed by atoms with Crippen LogP contribution in [0.25, 0.3) is 11.8 Å². The van der Waals surface area contributed by atoms with Crippen molar-refractivity contribution in [2.24, 2.45) is 0 Å². The Bertz CT molecular complexity index is 1220. The maximum absolute atomic E-state index is 13.5. The van der Waals surface area contributed by atoms with Gasteiger partial charge in [0.1, 0.15) is 0 Å². The molecule has 5 nitrogen and oxygen atoms in total. The minimum absolute atomic E-state index is 0.136. The molecule has 0 bridgehead atoms. The van der Waals surface area contributed by atoms with E-state index in [0.29, 0.717) is 23.4 Å². The lowest BCUT2D eigenvalue weighted by Gasteiger charge is -2.20. The topological polar surface area (TPSA) is 51.5 Å². The fourth-order valence-corrected chi connectivity index (χ4v) is 5.23. The fourth-order valence-electron chi connectivity index (χ4n) is 4.96. The van der Waals surface area contributed by atoms with Gasteiger partial charge >= 0.3 is 5.97 Å². The van der Waals surface area contributed by atoms with E-state index < -0.39 is 5.97 Å². The summed E-state index contributed by atoms with van der Waals surface area (Å²) in [5.74, 6) is -0.610. The zero-order valence-corrected chi connectivity index (χ0v) is 21.9. The molecule has 0 spiro atoms. The highest BCUT2D eigenvalue weighted by Crippen LogP contribution is 2.34. The number of hydrogen-bond acceptors (Lipinski definition) is 3. The number of benzene rings is 1. The van der Waals surface area contributed by atoms with Crippen molar-refractivity contribution in [2.45, 2.75) is 52.9 Å². The number of amides is 1. The number of esters is 1. The molecule has 2 aliphatic rings. The maximum Gasteiger partial charge on any atom is 0.340 e. The van der Waals surface area contributed by atoms with E-state index in [9.17, 15) is 9.59 Å². The third kappa shape index (κ3) is 4.69. The first-order valence-corrected chi connectivity index (χ1v) is 12.6. The summed E-state index contributed by atoms with van der Waals surface area (Å²) in [4.78, 5) is 28.0. The standard InChI is InChI=1S/C28H31BrN2O3/c1-18-16-22(19(2)31(18)24-12-10-23(29)11-13-24)17-25-26(28(33)34-4)20(3)30(27(25)32)15-14-21-8-6-5-7-9-21/h8,10-13,16-17H,5-7,9,14-15H2,1-4H3/b25-17-. The summed E-state index contributed by atoms with van der Waals surface area (Å²) >= 11 is 3.49. The molecule has 1 aliphatic heterocycles. The highest BCUT2D eigenvalue weighted by atomic mass is 79.9. The van der Waals surface area contributed by atoms with Crippen LogP contribution in [0.4, 0.5) is 0 Å². The molecule has 2 heterocycles. The molecule has 6 heteroatoms. The molecule has 0 fully saturated rings. The summed E-state index contributed by atoms with van der Waals surface area (Å²) in [5, 5.41) is 0. The molecule has 4 rings (SSSR count). The Labute approximate surface area is 209 Å². The molecule has 178 valence electrons. The van der Waals surface area contributed by atoms with Crippen molar-refractivity contribution in [1.29, 1.82) is 0 Å². The van der Waals surface area contributed by atoms with Gasteiger partial charge in [0.05, 0.1) is 18.3 Å². The first-order chi connectivity index (χ1) is 16.3. The first-order valence-electron chi connectivity index (χ1n) is 11.8. The molecule has 0 atom stereocenters. The number of methoxy groups -OCH3 is 1. The second-order valence-electron chi connectivity index (χ2n) is 8.96.